The maximum absolute atomic E-state index is 11.8. The molecule has 14 heteroatoms. The van der Waals surface area contributed by atoms with Gasteiger partial charge in [-0.2, -0.15) is 25.3 Å². The first-order valence-corrected chi connectivity index (χ1v) is 10.9. The summed E-state index contributed by atoms with van der Waals surface area (Å²) in [7, 11) is -16.1. The molecule has 0 atom stereocenters. The first-order valence-electron chi connectivity index (χ1n) is 6.12. The first-order chi connectivity index (χ1) is 11.2. The van der Waals surface area contributed by atoms with Gasteiger partial charge in [-0.25, -0.2) is 0 Å². The molecule has 0 unspecified atom stereocenters. The van der Waals surface area contributed by atoms with Crippen LogP contribution in [-0.2, 0) is 49.8 Å². The van der Waals surface area contributed by atoms with E-state index in [0.717, 1.165) is 0 Å². The molecule has 2 aromatic carbocycles. The number of rotatable bonds is 4. The molecule has 0 saturated carbocycles. The summed E-state index contributed by atoms with van der Waals surface area (Å²) < 4.78 is 97.8. The smallest absolute Gasteiger partial charge is 0.282 e. The molecule has 9 nitrogen and oxygen atoms in total. The Labute approximate surface area is 167 Å². The van der Waals surface area contributed by atoms with Gasteiger partial charge in [0.15, 0.2) is 0 Å². The van der Waals surface area contributed by atoms with E-state index in [-0.39, 0.29) is 29.9 Å². The maximum Gasteiger partial charge on any atom is 0.297 e. The molecule has 0 radical (unpaired) electrons. The summed E-state index contributed by atoms with van der Waals surface area (Å²) in [5.41, 5.74) is -0.404. The molecule has 0 spiro atoms. The number of hydrogen-bond acceptors (Lipinski definition) is 7. The van der Waals surface area contributed by atoms with Gasteiger partial charge in [0, 0.05) is 29.9 Å². The van der Waals surface area contributed by atoms with E-state index < -0.39 is 50.6 Å². The van der Waals surface area contributed by atoms with Gasteiger partial charge < -0.3 is 0 Å². The molecule has 0 heterocycles. The van der Waals surface area contributed by atoms with Crippen molar-refractivity contribution in [3.05, 3.63) is 36.4 Å². The molecule has 0 amide bonds. The van der Waals surface area contributed by atoms with E-state index in [1.165, 1.54) is 24.3 Å². The Morgan fingerprint density at radius 1 is 0.731 bits per heavy atom. The SMILES string of the molecule is O=S(=O)(O)c1cc(S)c(-c2ccccc2)c(S(=O)(=O)O)c1S(=O)(=O)O.[Zn]. The zero-order valence-corrected chi connectivity index (χ0v) is 18.9. The topological polar surface area (TPSA) is 163 Å². The Balaban J connectivity index is 0.00000338. The van der Waals surface area contributed by atoms with Gasteiger partial charge in [0.25, 0.3) is 30.4 Å². The second kappa shape index (κ2) is 7.64. The number of benzene rings is 2. The summed E-state index contributed by atoms with van der Waals surface area (Å²) in [6.45, 7) is 0. The van der Waals surface area contributed by atoms with E-state index in [2.05, 4.69) is 12.6 Å². The van der Waals surface area contributed by atoms with Crippen molar-refractivity contribution in [3.63, 3.8) is 0 Å². The van der Waals surface area contributed by atoms with Crippen LogP contribution in [-0.4, -0.2) is 38.9 Å². The molecular weight excluding hydrogens is 482 g/mol. The van der Waals surface area contributed by atoms with Crippen molar-refractivity contribution >= 4 is 43.0 Å². The van der Waals surface area contributed by atoms with Crippen molar-refractivity contribution in [1.29, 1.82) is 0 Å². The van der Waals surface area contributed by atoms with E-state index in [1.54, 1.807) is 6.07 Å². The third-order valence-corrected chi connectivity index (χ3v) is 6.39. The zero-order chi connectivity index (χ0) is 19.2. The van der Waals surface area contributed by atoms with Crippen molar-refractivity contribution in [2.24, 2.45) is 0 Å². The van der Waals surface area contributed by atoms with Crippen LogP contribution in [0.1, 0.15) is 0 Å². The molecule has 0 saturated heterocycles. The van der Waals surface area contributed by atoms with Gasteiger partial charge in [-0.15, -0.1) is 12.6 Å². The van der Waals surface area contributed by atoms with Crippen molar-refractivity contribution in [2.45, 2.75) is 19.6 Å². The largest absolute Gasteiger partial charge is 0.297 e. The fraction of sp³-hybridized carbons (Fsp3) is 0. The van der Waals surface area contributed by atoms with Crippen LogP contribution < -0.4 is 0 Å². The molecule has 26 heavy (non-hydrogen) atoms. The summed E-state index contributed by atoms with van der Waals surface area (Å²) >= 11 is 3.93. The number of hydrogen-bond donors (Lipinski definition) is 4. The molecule has 0 fully saturated rings. The Kier molecular flexibility index (Phi) is 6.81. The number of thiol groups is 1. The third kappa shape index (κ3) is 4.70. The fourth-order valence-electron chi connectivity index (χ4n) is 2.17. The van der Waals surface area contributed by atoms with Crippen molar-refractivity contribution in [3.8, 4) is 11.1 Å². The predicted molar refractivity (Wildman–Crippen MR) is 88.6 cm³/mol. The minimum atomic E-state index is -5.49. The molecule has 0 aliphatic heterocycles. The van der Waals surface area contributed by atoms with Crippen molar-refractivity contribution in [1.82, 2.24) is 0 Å². The van der Waals surface area contributed by atoms with E-state index in [1.807, 2.05) is 0 Å². The molecule has 2 rings (SSSR count). The van der Waals surface area contributed by atoms with Crippen LogP contribution >= 0.6 is 12.6 Å². The standard InChI is InChI=1S/C12H10O9S4.Zn/c13-23(14,15)9-6-8(22)10(7-4-2-1-3-5-7)12(25(19,20)21)11(9)24(16,17)18;/h1-6,22H,(H,13,14,15)(H,16,17,18)(H,19,20,21);. The molecule has 3 N–H and O–H groups in total. The van der Waals surface area contributed by atoms with Gasteiger partial charge in [0.1, 0.15) is 14.7 Å². The Morgan fingerprint density at radius 2 is 1.19 bits per heavy atom. The van der Waals surface area contributed by atoms with Gasteiger partial charge in [-0.3, -0.25) is 13.7 Å². The molecular formula is C12H10O9S4Zn. The molecule has 0 aliphatic carbocycles. The van der Waals surface area contributed by atoms with E-state index in [4.69, 9.17) is 0 Å². The second-order valence-electron chi connectivity index (χ2n) is 4.72. The van der Waals surface area contributed by atoms with Gasteiger partial charge in [0.2, 0.25) is 0 Å². The predicted octanol–water partition coefficient (Wildman–Crippen LogP) is 1.38. The summed E-state index contributed by atoms with van der Waals surface area (Å²) in [5, 5.41) is 0. The Hall–Kier alpha value is -0.857. The molecule has 138 valence electrons. The second-order valence-corrected chi connectivity index (χ2v) is 9.31. The minimum Gasteiger partial charge on any atom is -0.282 e. The third-order valence-electron chi connectivity index (χ3n) is 3.04. The fourth-order valence-corrected chi connectivity index (χ4v) is 6.11. The Bertz CT molecular complexity index is 1150. The average Bonchev–Trinajstić information content (AvgIpc) is 2.43. The van der Waals surface area contributed by atoms with Crippen LogP contribution in [0.4, 0.5) is 0 Å². The molecule has 0 aliphatic rings. The van der Waals surface area contributed by atoms with Crippen LogP contribution in [0.2, 0.25) is 0 Å². The molecule has 0 bridgehead atoms. The van der Waals surface area contributed by atoms with Crippen LogP contribution in [0.5, 0.6) is 0 Å². The first kappa shape index (κ1) is 23.2. The molecule has 2 aromatic rings. The van der Waals surface area contributed by atoms with Crippen LogP contribution in [0.3, 0.4) is 0 Å². The summed E-state index contributed by atoms with van der Waals surface area (Å²) in [5.74, 6) is 0. The average molecular weight is 492 g/mol. The van der Waals surface area contributed by atoms with E-state index in [9.17, 15) is 38.9 Å². The van der Waals surface area contributed by atoms with Gasteiger partial charge >= 0.3 is 0 Å². The monoisotopic (exact) mass is 490 g/mol. The normalized spacial score (nSPS) is 12.5. The van der Waals surface area contributed by atoms with Crippen LogP contribution in [0.15, 0.2) is 56.0 Å². The van der Waals surface area contributed by atoms with Crippen LogP contribution in [0, 0.1) is 0 Å². The maximum atomic E-state index is 11.8. The minimum absolute atomic E-state index is 0. The van der Waals surface area contributed by atoms with E-state index in [0.29, 0.717) is 6.07 Å². The quantitative estimate of drug-likeness (QED) is 0.281. The summed E-state index contributed by atoms with van der Waals surface area (Å²) in [6, 6.07) is 7.71. The summed E-state index contributed by atoms with van der Waals surface area (Å²) in [4.78, 5) is -4.90. The van der Waals surface area contributed by atoms with Crippen molar-refractivity contribution < 1.29 is 58.4 Å². The van der Waals surface area contributed by atoms with Crippen molar-refractivity contribution in [2.75, 3.05) is 0 Å². The van der Waals surface area contributed by atoms with E-state index >= 15 is 0 Å². The van der Waals surface area contributed by atoms with Crippen LogP contribution in [0.25, 0.3) is 11.1 Å². The van der Waals surface area contributed by atoms with Gasteiger partial charge in [0.05, 0.1) is 0 Å². The summed E-state index contributed by atoms with van der Waals surface area (Å²) in [6.07, 6.45) is 0. The van der Waals surface area contributed by atoms with Gasteiger partial charge in [-0.05, 0) is 11.6 Å². The van der Waals surface area contributed by atoms with Gasteiger partial charge in [-0.1, -0.05) is 30.3 Å². The Morgan fingerprint density at radius 3 is 1.58 bits per heavy atom. The molecule has 0 aromatic heterocycles. The zero-order valence-electron chi connectivity index (χ0n) is 12.6.